The maximum Gasteiger partial charge on any atom is 0.347 e. The lowest BCUT2D eigenvalue weighted by Gasteiger charge is -2.33. The Morgan fingerprint density at radius 2 is 1.64 bits per heavy atom. The number of nitrogens with one attached hydrogen (secondary N) is 3. The Kier molecular flexibility index (Phi) is 14.4. The fraction of sp³-hybridized carbons (Fsp3) is 0.250. The van der Waals surface area contributed by atoms with Gasteiger partial charge in [0.05, 0.1) is 37.4 Å². The molecule has 1 aliphatic heterocycles. The first-order chi connectivity index (χ1) is 32.0. The number of halogens is 1. The molecule has 14 heteroatoms. The SMILES string of the molecule is COc1c(CNCC(O)c2ccc(O)c3[nH]c(=O)ccc23)ccc(C(=O)NCc2ccc(-c3cccc(C(O)(C(=O)OCC4CCN(Cc5ccccc5)CC4)c4ccccc4)c3)s2)c1F. The Morgan fingerprint density at radius 3 is 2.39 bits per heavy atom. The number of likely N-dealkylation sites (tertiary alicyclic amines) is 1. The molecule has 0 radical (unpaired) electrons. The Morgan fingerprint density at radius 1 is 0.894 bits per heavy atom. The number of phenols is 1. The Hall–Kier alpha value is -6.68. The highest BCUT2D eigenvalue weighted by Gasteiger charge is 2.42. The number of amides is 1. The number of aromatic nitrogens is 1. The molecule has 0 bridgehead atoms. The molecule has 1 saturated heterocycles. The van der Waals surface area contributed by atoms with Crippen molar-refractivity contribution in [1.82, 2.24) is 20.5 Å². The average molecular weight is 911 g/mol. The lowest BCUT2D eigenvalue weighted by molar-refractivity contribution is -0.164. The second kappa shape index (κ2) is 20.7. The third-order valence-corrected chi connectivity index (χ3v) is 13.2. The van der Waals surface area contributed by atoms with Crippen LogP contribution in [0.5, 0.6) is 11.5 Å². The van der Waals surface area contributed by atoms with Crippen molar-refractivity contribution < 1.29 is 38.8 Å². The fourth-order valence-corrected chi connectivity index (χ4v) is 9.40. The molecule has 8 rings (SSSR count). The molecule has 1 fully saturated rings. The summed E-state index contributed by atoms with van der Waals surface area (Å²) in [6.45, 7) is 3.15. The molecule has 6 N–H and O–H groups in total. The monoisotopic (exact) mass is 910 g/mol. The molecule has 0 saturated carbocycles. The summed E-state index contributed by atoms with van der Waals surface area (Å²) in [4.78, 5) is 45.7. The van der Waals surface area contributed by atoms with Gasteiger partial charge in [0.25, 0.3) is 5.91 Å². The van der Waals surface area contributed by atoms with E-state index in [0.717, 1.165) is 47.8 Å². The summed E-state index contributed by atoms with van der Waals surface area (Å²) < 4.78 is 27.1. The molecule has 1 amide bonds. The molecule has 66 heavy (non-hydrogen) atoms. The Labute approximate surface area is 385 Å². The molecule has 2 unspecified atom stereocenters. The van der Waals surface area contributed by atoms with E-state index in [-0.39, 0.29) is 60.3 Å². The molecule has 2 aromatic heterocycles. The van der Waals surface area contributed by atoms with Crippen molar-refractivity contribution in [2.75, 3.05) is 33.4 Å². The molecule has 2 atom stereocenters. The predicted molar refractivity (Wildman–Crippen MR) is 252 cm³/mol. The standard InChI is InChI=1S/C52H51FN4O8S/c1-64-49-36(28-54-30-44(59)40-18-20-43(58)48-41(40)19-22-46(60)56-48)15-17-42(47(49)53)50(61)55-29-39-16-21-45(66-39)35-11-8-14-38(27-35)52(63,37-12-6-3-7-13-37)51(62)65-32-34-23-25-57(26-24-34)31-33-9-4-2-5-10-33/h2-22,27,34,44,54,58-59,63H,23-26,28-32H2,1H3,(H,55,61)(H,56,60). The third kappa shape index (κ3) is 10.2. The first-order valence-corrected chi connectivity index (χ1v) is 22.6. The number of hydrogen-bond donors (Lipinski definition) is 6. The first kappa shape index (κ1) is 45.9. The quantitative estimate of drug-likeness (QED) is 0.0501. The zero-order valence-corrected chi connectivity index (χ0v) is 37.2. The van der Waals surface area contributed by atoms with Gasteiger partial charge in [0.2, 0.25) is 11.2 Å². The van der Waals surface area contributed by atoms with Crippen molar-refractivity contribution >= 4 is 34.1 Å². The van der Waals surface area contributed by atoms with Crippen LogP contribution in [0, 0.1) is 11.7 Å². The molecule has 7 aromatic rings. The number of hydrogen-bond acceptors (Lipinski definition) is 11. The van der Waals surface area contributed by atoms with E-state index in [1.165, 1.54) is 48.3 Å². The maximum atomic E-state index is 15.8. The van der Waals surface area contributed by atoms with Crippen LogP contribution < -0.4 is 20.9 Å². The summed E-state index contributed by atoms with van der Waals surface area (Å²) in [7, 11) is 1.31. The average Bonchev–Trinajstić information content (AvgIpc) is 3.83. The topological polar surface area (TPSA) is 173 Å². The summed E-state index contributed by atoms with van der Waals surface area (Å²) in [5.41, 5.74) is 1.24. The molecular formula is C52H51FN4O8S. The van der Waals surface area contributed by atoms with Gasteiger partial charge in [-0.05, 0) is 90.5 Å². The van der Waals surface area contributed by atoms with E-state index >= 15 is 4.39 Å². The van der Waals surface area contributed by atoms with Gasteiger partial charge in [-0.2, -0.15) is 0 Å². The van der Waals surface area contributed by atoms with Crippen LogP contribution in [-0.2, 0) is 34.8 Å². The number of esters is 1. The Bertz CT molecular complexity index is 2870. The highest BCUT2D eigenvalue weighted by Crippen LogP contribution is 2.37. The number of ether oxygens (including phenoxy) is 2. The van der Waals surface area contributed by atoms with Crippen molar-refractivity contribution in [1.29, 1.82) is 0 Å². The summed E-state index contributed by atoms with van der Waals surface area (Å²) >= 11 is 1.41. The van der Waals surface area contributed by atoms with Crippen molar-refractivity contribution in [2.45, 2.75) is 44.2 Å². The van der Waals surface area contributed by atoms with Gasteiger partial charge in [-0.3, -0.25) is 14.5 Å². The number of piperidine rings is 1. The zero-order valence-electron chi connectivity index (χ0n) is 36.3. The number of aliphatic hydroxyl groups is 2. The minimum absolute atomic E-state index is 0.0511. The van der Waals surface area contributed by atoms with Gasteiger partial charge in [0.15, 0.2) is 11.6 Å². The number of methoxy groups -OCH3 is 1. The number of aromatic hydroxyl groups is 1. The van der Waals surface area contributed by atoms with Gasteiger partial charge in [-0.25, -0.2) is 9.18 Å². The summed E-state index contributed by atoms with van der Waals surface area (Å²) in [5, 5.41) is 39.8. The number of H-pyrrole nitrogens is 1. The van der Waals surface area contributed by atoms with Crippen LogP contribution in [0.1, 0.15) is 62.0 Å². The van der Waals surface area contributed by atoms with Crippen molar-refractivity contribution in [3.05, 3.63) is 188 Å². The van der Waals surface area contributed by atoms with Crippen LogP contribution in [0.4, 0.5) is 4.39 Å². The molecule has 0 aliphatic carbocycles. The van der Waals surface area contributed by atoms with Crippen LogP contribution in [0.2, 0.25) is 0 Å². The molecule has 340 valence electrons. The van der Waals surface area contributed by atoms with E-state index in [2.05, 4.69) is 32.7 Å². The summed E-state index contributed by atoms with van der Waals surface area (Å²) in [5.74, 6) is -2.26. The molecular weight excluding hydrogens is 860 g/mol. The maximum absolute atomic E-state index is 15.8. The van der Waals surface area contributed by atoms with Gasteiger partial charge in [-0.15, -0.1) is 11.3 Å². The highest BCUT2D eigenvalue weighted by atomic mass is 32.1. The molecule has 0 spiro atoms. The first-order valence-electron chi connectivity index (χ1n) is 21.8. The van der Waals surface area contributed by atoms with Crippen LogP contribution in [0.15, 0.2) is 138 Å². The Balaban J connectivity index is 0.885. The predicted octanol–water partition coefficient (Wildman–Crippen LogP) is 7.55. The van der Waals surface area contributed by atoms with Gasteiger partial charge in [0, 0.05) is 52.0 Å². The number of aromatic amines is 1. The molecule has 12 nitrogen and oxygen atoms in total. The van der Waals surface area contributed by atoms with Crippen LogP contribution in [0.25, 0.3) is 21.3 Å². The van der Waals surface area contributed by atoms with Crippen molar-refractivity contribution in [3.8, 4) is 21.9 Å². The molecule has 1 aliphatic rings. The second-order valence-electron chi connectivity index (χ2n) is 16.5. The lowest BCUT2D eigenvalue weighted by atomic mass is 9.85. The number of aliphatic hydroxyl groups excluding tert-OH is 1. The molecule has 3 heterocycles. The minimum atomic E-state index is -2.07. The van der Waals surface area contributed by atoms with Crippen LogP contribution >= 0.6 is 11.3 Å². The van der Waals surface area contributed by atoms with Gasteiger partial charge >= 0.3 is 5.97 Å². The van der Waals surface area contributed by atoms with E-state index in [9.17, 15) is 29.7 Å². The summed E-state index contributed by atoms with van der Waals surface area (Å²) in [6, 6.07) is 38.8. The number of benzene rings is 5. The number of nitrogens with zero attached hydrogens (tertiary/aromatic N) is 1. The van der Waals surface area contributed by atoms with Crippen molar-refractivity contribution in [3.63, 3.8) is 0 Å². The van der Waals surface area contributed by atoms with E-state index < -0.39 is 29.4 Å². The second-order valence-corrected chi connectivity index (χ2v) is 17.6. The van der Waals surface area contributed by atoms with E-state index in [1.807, 2.05) is 42.5 Å². The number of carbonyl (C=O) groups excluding carboxylic acids is 2. The number of carbonyl (C=O) groups is 2. The largest absolute Gasteiger partial charge is 0.506 e. The highest BCUT2D eigenvalue weighted by molar-refractivity contribution is 7.15. The van der Waals surface area contributed by atoms with E-state index in [0.29, 0.717) is 27.6 Å². The lowest BCUT2D eigenvalue weighted by Crippen LogP contribution is -2.40. The number of fused-ring (bicyclic) bond motifs is 1. The van der Waals surface area contributed by atoms with Gasteiger partial charge in [0.1, 0.15) is 5.75 Å². The van der Waals surface area contributed by atoms with E-state index in [1.54, 1.807) is 54.6 Å². The van der Waals surface area contributed by atoms with Crippen molar-refractivity contribution in [2.24, 2.45) is 5.92 Å². The zero-order chi connectivity index (χ0) is 46.2. The minimum Gasteiger partial charge on any atom is -0.506 e. The normalized spacial score (nSPS) is 14.7. The smallest absolute Gasteiger partial charge is 0.347 e. The number of thiophene rings is 1. The van der Waals surface area contributed by atoms with Crippen LogP contribution in [0.3, 0.4) is 0 Å². The number of rotatable bonds is 17. The fourth-order valence-electron chi connectivity index (χ4n) is 8.46. The number of phenolic OH excluding ortho intramolecular Hbond substituents is 1. The van der Waals surface area contributed by atoms with Gasteiger partial charge < -0.3 is 40.4 Å². The van der Waals surface area contributed by atoms with E-state index in [4.69, 9.17) is 9.47 Å². The third-order valence-electron chi connectivity index (χ3n) is 12.1. The van der Waals surface area contributed by atoms with Crippen LogP contribution in [-0.4, -0.2) is 70.4 Å². The molecule has 5 aromatic carbocycles. The van der Waals surface area contributed by atoms with Gasteiger partial charge in [-0.1, -0.05) is 91.0 Å². The summed E-state index contributed by atoms with van der Waals surface area (Å²) in [6.07, 6.45) is 0.740. The number of pyridine rings is 1.